The van der Waals surface area contributed by atoms with Gasteiger partial charge >= 0.3 is 0 Å². The van der Waals surface area contributed by atoms with Crippen molar-refractivity contribution < 1.29 is 5.11 Å². The van der Waals surface area contributed by atoms with Crippen molar-refractivity contribution in [3.8, 4) is 0 Å². The average molecular weight is 194 g/mol. The number of anilines is 1. The molecule has 0 spiro atoms. The minimum absolute atomic E-state index is 0.459. The number of aliphatic hydroxyl groups is 1. The van der Waals surface area contributed by atoms with E-state index in [0.29, 0.717) is 0 Å². The van der Waals surface area contributed by atoms with Gasteiger partial charge < -0.3 is 10.0 Å². The Morgan fingerprint density at radius 2 is 2.07 bits per heavy atom. The summed E-state index contributed by atoms with van der Waals surface area (Å²) in [6.07, 6.45) is 1.30. The normalized spacial score (nSPS) is 12.6. The van der Waals surface area contributed by atoms with Gasteiger partial charge in [0, 0.05) is 24.8 Å². The quantitative estimate of drug-likeness (QED) is 0.796. The van der Waals surface area contributed by atoms with Gasteiger partial charge in [-0.1, -0.05) is 6.07 Å². The van der Waals surface area contributed by atoms with Crippen LogP contribution in [0.3, 0.4) is 0 Å². The maximum atomic E-state index is 9.58. The summed E-state index contributed by atoms with van der Waals surface area (Å²) in [6, 6.07) is 3.78. The zero-order valence-electron chi connectivity index (χ0n) is 9.07. The van der Waals surface area contributed by atoms with Crippen LogP contribution in [0, 0.1) is 0 Å². The van der Waals surface area contributed by atoms with E-state index in [1.165, 1.54) is 0 Å². The smallest absolute Gasteiger partial charge is 0.134 e. The molecule has 0 amide bonds. The Bertz CT molecular complexity index is 282. The minimum Gasteiger partial charge on any atom is -0.389 e. The fraction of sp³-hybridized carbons (Fsp3) is 0.545. The molecule has 0 radical (unpaired) electrons. The van der Waals surface area contributed by atoms with Crippen LogP contribution in [0.4, 0.5) is 5.82 Å². The molecule has 1 unspecified atom stereocenters. The molecule has 0 aliphatic rings. The van der Waals surface area contributed by atoms with Gasteiger partial charge in [0.05, 0.1) is 6.10 Å². The van der Waals surface area contributed by atoms with E-state index in [1.54, 1.807) is 13.1 Å². The number of pyridine rings is 1. The van der Waals surface area contributed by atoms with Crippen molar-refractivity contribution >= 4 is 5.82 Å². The van der Waals surface area contributed by atoms with Gasteiger partial charge in [-0.25, -0.2) is 4.98 Å². The van der Waals surface area contributed by atoms with Crippen LogP contribution >= 0.6 is 0 Å². The largest absolute Gasteiger partial charge is 0.389 e. The second-order valence-corrected chi connectivity index (χ2v) is 3.26. The second kappa shape index (κ2) is 4.96. The number of aromatic nitrogens is 1. The molecule has 0 fully saturated rings. The van der Waals surface area contributed by atoms with Gasteiger partial charge in [0.25, 0.3) is 0 Å². The molecule has 1 aromatic rings. The molecule has 3 nitrogen and oxygen atoms in total. The molecule has 0 saturated heterocycles. The van der Waals surface area contributed by atoms with Crippen LogP contribution in [0.5, 0.6) is 0 Å². The standard InChI is InChI=1S/C11H18N2O/c1-4-13(5-2)11-10(9(3)14)7-6-8-12-11/h6-9,14H,4-5H2,1-3H3. The van der Waals surface area contributed by atoms with Crippen LogP contribution in [0.15, 0.2) is 18.3 Å². The highest BCUT2D eigenvalue weighted by Gasteiger charge is 2.12. The van der Waals surface area contributed by atoms with E-state index < -0.39 is 6.10 Å². The third-order valence-electron chi connectivity index (χ3n) is 2.33. The molecule has 1 aromatic heterocycles. The van der Waals surface area contributed by atoms with Crippen LogP contribution in [0.25, 0.3) is 0 Å². The van der Waals surface area contributed by atoms with E-state index >= 15 is 0 Å². The van der Waals surface area contributed by atoms with Crippen molar-refractivity contribution in [3.63, 3.8) is 0 Å². The van der Waals surface area contributed by atoms with Crippen molar-refractivity contribution in [1.82, 2.24) is 4.98 Å². The van der Waals surface area contributed by atoms with Gasteiger partial charge in [0.15, 0.2) is 0 Å². The van der Waals surface area contributed by atoms with Crippen molar-refractivity contribution in [2.24, 2.45) is 0 Å². The van der Waals surface area contributed by atoms with Crippen molar-refractivity contribution in [2.45, 2.75) is 26.9 Å². The van der Waals surface area contributed by atoms with Crippen molar-refractivity contribution in [2.75, 3.05) is 18.0 Å². The van der Waals surface area contributed by atoms with Gasteiger partial charge in [0.1, 0.15) is 5.82 Å². The lowest BCUT2D eigenvalue weighted by molar-refractivity contribution is 0.199. The monoisotopic (exact) mass is 194 g/mol. The fourth-order valence-electron chi connectivity index (χ4n) is 1.52. The van der Waals surface area contributed by atoms with Crippen molar-refractivity contribution in [3.05, 3.63) is 23.9 Å². The SMILES string of the molecule is CCN(CC)c1ncccc1C(C)O. The molecule has 1 rings (SSSR count). The van der Waals surface area contributed by atoms with Gasteiger partial charge in [-0.05, 0) is 26.8 Å². The lowest BCUT2D eigenvalue weighted by atomic mass is 10.1. The number of rotatable bonds is 4. The Morgan fingerprint density at radius 1 is 1.43 bits per heavy atom. The Kier molecular flexibility index (Phi) is 3.89. The zero-order chi connectivity index (χ0) is 10.6. The molecule has 3 heteroatoms. The summed E-state index contributed by atoms with van der Waals surface area (Å²) < 4.78 is 0. The highest BCUT2D eigenvalue weighted by Crippen LogP contribution is 2.22. The lowest BCUT2D eigenvalue weighted by Gasteiger charge is -2.23. The molecule has 78 valence electrons. The van der Waals surface area contributed by atoms with E-state index in [1.807, 2.05) is 12.1 Å². The molecule has 1 heterocycles. The molecule has 1 atom stereocenters. The third kappa shape index (κ3) is 2.23. The predicted molar refractivity (Wildman–Crippen MR) is 58.4 cm³/mol. The molecule has 0 aliphatic carbocycles. The Labute approximate surface area is 85.4 Å². The summed E-state index contributed by atoms with van der Waals surface area (Å²) in [5.74, 6) is 0.896. The summed E-state index contributed by atoms with van der Waals surface area (Å²) in [5.41, 5.74) is 0.899. The summed E-state index contributed by atoms with van der Waals surface area (Å²) in [5, 5.41) is 9.58. The first kappa shape index (κ1) is 11.0. The van der Waals surface area contributed by atoms with Gasteiger partial charge in [-0.15, -0.1) is 0 Å². The maximum absolute atomic E-state index is 9.58. The fourth-order valence-corrected chi connectivity index (χ4v) is 1.52. The molecule has 1 N–H and O–H groups in total. The van der Waals surface area contributed by atoms with E-state index in [-0.39, 0.29) is 0 Å². The zero-order valence-corrected chi connectivity index (χ0v) is 9.07. The van der Waals surface area contributed by atoms with Crippen LogP contribution in [0.1, 0.15) is 32.4 Å². The van der Waals surface area contributed by atoms with E-state index in [4.69, 9.17) is 0 Å². The first-order valence-corrected chi connectivity index (χ1v) is 5.08. The Hall–Kier alpha value is -1.09. The predicted octanol–water partition coefficient (Wildman–Crippen LogP) is 1.98. The average Bonchev–Trinajstić information content (AvgIpc) is 2.20. The topological polar surface area (TPSA) is 36.4 Å². The summed E-state index contributed by atoms with van der Waals surface area (Å²) >= 11 is 0. The molecule has 0 saturated carbocycles. The second-order valence-electron chi connectivity index (χ2n) is 3.26. The van der Waals surface area contributed by atoms with E-state index in [2.05, 4.69) is 23.7 Å². The van der Waals surface area contributed by atoms with Gasteiger partial charge in [0.2, 0.25) is 0 Å². The molecular weight excluding hydrogens is 176 g/mol. The molecule has 0 aliphatic heterocycles. The highest BCUT2D eigenvalue weighted by atomic mass is 16.3. The molecular formula is C11H18N2O. The summed E-state index contributed by atoms with van der Waals surface area (Å²) in [4.78, 5) is 6.45. The Balaban J connectivity index is 3.05. The minimum atomic E-state index is -0.459. The lowest BCUT2D eigenvalue weighted by Crippen LogP contribution is -2.24. The number of hydrogen-bond donors (Lipinski definition) is 1. The maximum Gasteiger partial charge on any atom is 0.134 e. The first-order valence-electron chi connectivity index (χ1n) is 5.08. The third-order valence-corrected chi connectivity index (χ3v) is 2.33. The number of hydrogen-bond acceptors (Lipinski definition) is 3. The van der Waals surface area contributed by atoms with E-state index in [9.17, 15) is 5.11 Å². The van der Waals surface area contributed by atoms with Crippen molar-refractivity contribution in [1.29, 1.82) is 0 Å². The Morgan fingerprint density at radius 3 is 2.57 bits per heavy atom. The number of nitrogens with zero attached hydrogens (tertiary/aromatic N) is 2. The molecule has 14 heavy (non-hydrogen) atoms. The van der Waals surface area contributed by atoms with Crippen LogP contribution < -0.4 is 4.90 Å². The number of aliphatic hydroxyl groups excluding tert-OH is 1. The van der Waals surface area contributed by atoms with E-state index in [0.717, 1.165) is 24.5 Å². The van der Waals surface area contributed by atoms with Crippen LogP contribution in [0.2, 0.25) is 0 Å². The molecule has 0 aromatic carbocycles. The first-order chi connectivity index (χ1) is 6.70. The highest BCUT2D eigenvalue weighted by molar-refractivity contribution is 5.47. The van der Waals surface area contributed by atoms with Gasteiger partial charge in [-0.2, -0.15) is 0 Å². The van der Waals surface area contributed by atoms with Crippen LogP contribution in [-0.2, 0) is 0 Å². The van der Waals surface area contributed by atoms with Crippen LogP contribution in [-0.4, -0.2) is 23.2 Å². The summed E-state index contributed by atoms with van der Waals surface area (Å²) in [6.45, 7) is 7.76. The van der Waals surface area contributed by atoms with Gasteiger partial charge in [-0.3, -0.25) is 0 Å². The molecule has 0 bridgehead atoms. The summed E-state index contributed by atoms with van der Waals surface area (Å²) in [7, 11) is 0.